The maximum absolute atomic E-state index is 13.1. The van der Waals surface area contributed by atoms with Crippen LogP contribution in [0.3, 0.4) is 0 Å². The Morgan fingerprint density at radius 1 is 1.15 bits per heavy atom. The molecule has 0 bridgehead atoms. The van der Waals surface area contributed by atoms with Crippen LogP contribution in [-0.4, -0.2) is 17.0 Å². The molecule has 0 aliphatic rings. The van der Waals surface area contributed by atoms with Gasteiger partial charge in [-0.05, 0) is 49.6 Å². The minimum absolute atomic E-state index is 0.237. The van der Waals surface area contributed by atoms with Crippen molar-refractivity contribution in [2.45, 2.75) is 31.3 Å². The average Bonchev–Trinajstić information content (AvgIpc) is 2.41. The molecular formula is C17H19FOS. The quantitative estimate of drug-likeness (QED) is 0.835. The molecule has 3 heteroatoms. The first-order chi connectivity index (χ1) is 9.54. The number of hydrogen-bond acceptors (Lipinski definition) is 2. The first-order valence-corrected chi connectivity index (χ1v) is 7.66. The van der Waals surface area contributed by atoms with Crippen LogP contribution in [0.2, 0.25) is 0 Å². The maximum Gasteiger partial charge on any atom is 0.124 e. The molecule has 1 N–H and O–H groups in total. The molecule has 20 heavy (non-hydrogen) atoms. The van der Waals surface area contributed by atoms with Crippen molar-refractivity contribution in [1.82, 2.24) is 0 Å². The molecule has 0 fully saturated rings. The Balaban J connectivity index is 1.92. The second kappa shape index (κ2) is 6.91. The van der Waals surface area contributed by atoms with Crippen LogP contribution in [0, 0.1) is 19.7 Å². The minimum Gasteiger partial charge on any atom is -0.392 e. The predicted octanol–water partition coefficient (Wildman–Crippen LogP) is 4.14. The summed E-state index contributed by atoms with van der Waals surface area (Å²) < 4.78 is 13.1. The van der Waals surface area contributed by atoms with Crippen LogP contribution in [0.4, 0.5) is 4.39 Å². The summed E-state index contributed by atoms with van der Waals surface area (Å²) in [5, 5.41) is 10.1. The molecule has 0 heterocycles. The van der Waals surface area contributed by atoms with Gasteiger partial charge >= 0.3 is 0 Å². The summed E-state index contributed by atoms with van der Waals surface area (Å²) in [5.74, 6) is 0.329. The topological polar surface area (TPSA) is 20.2 Å². The van der Waals surface area contributed by atoms with Gasteiger partial charge in [0.25, 0.3) is 0 Å². The number of rotatable bonds is 5. The van der Waals surface area contributed by atoms with Gasteiger partial charge in [0.2, 0.25) is 0 Å². The third-order valence-electron chi connectivity index (χ3n) is 3.20. The second-order valence-corrected chi connectivity index (χ2v) is 6.15. The monoisotopic (exact) mass is 290 g/mol. The standard InChI is InChI=1S/C17H19FOS/c1-12-6-7-13(2)14(8-12)9-16(19)11-20-17-5-3-4-15(18)10-17/h3-8,10,16,19H,9,11H2,1-2H3. The summed E-state index contributed by atoms with van der Waals surface area (Å²) >= 11 is 1.48. The van der Waals surface area contributed by atoms with Gasteiger partial charge in [0.05, 0.1) is 6.10 Å². The highest BCUT2D eigenvalue weighted by atomic mass is 32.2. The molecule has 0 spiro atoms. The van der Waals surface area contributed by atoms with Crippen LogP contribution in [0.1, 0.15) is 16.7 Å². The number of hydrogen-bond donors (Lipinski definition) is 1. The Morgan fingerprint density at radius 3 is 2.70 bits per heavy atom. The van der Waals surface area contributed by atoms with Crippen molar-refractivity contribution < 1.29 is 9.50 Å². The van der Waals surface area contributed by atoms with E-state index in [9.17, 15) is 9.50 Å². The van der Waals surface area contributed by atoms with Crippen molar-refractivity contribution >= 4 is 11.8 Å². The Kier molecular flexibility index (Phi) is 5.21. The summed E-state index contributed by atoms with van der Waals surface area (Å²) in [5.41, 5.74) is 3.58. The second-order valence-electron chi connectivity index (χ2n) is 5.06. The number of aliphatic hydroxyl groups excluding tert-OH is 1. The van der Waals surface area contributed by atoms with Gasteiger partial charge in [-0.15, -0.1) is 11.8 Å². The molecule has 1 unspecified atom stereocenters. The summed E-state index contributed by atoms with van der Waals surface area (Å²) in [6.07, 6.45) is 0.208. The summed E-state index contributed by atoms with van der Waals surface area (Å²) in [7, 11) is 0. The molecule has 2 aromatic rings. The molecule has 0 aliphatic carbocycles. The summed E-state index contributed by atoms with van der Waals surface area (Å²) in [6.45, 7) is 4.11. The van der Waals surface area contributed by atoms with E-state index in [1.165, 1.54) is 40.6 Å². The molecule has 2 aromatic carbocycles. The van der Waals surface area contributed by atoms with E-state index in [4.69, 9.17) is 0 Å². The highest BCUT2D eigenvalue weighted by Gasteiger charge is 2.09. The van der Waals surface area contributed by atoms with Gasteiger partial charge in [-0.25, -0.2) is 4.39 Å². The first-order valence-electron chi connectivity index (χ1n) is 6.67. The zero-order valence-corrected chi connectivity index (χ0v) is 12.6. The molecular weight excluding hydrogens is 271 g/mol. The van der Waals surface area contributed by atoms with Gasteiger partial charge in [0.15, 0.2) is 0 Å². The Labute approximate surface area is 123 Å². The van der Waals surface area contributed by atoms with Crippen LogP contribution in [0.15, 0.2) is 47.4 Å². The van der Waals surface area contributed by atoms with Crippen LogP contribution in [0.5, 0.6) is 0 Å². The van der Waals surface area contributed by atoms with Gasteiger partial charge in [-0.1, -0.05) is 29.8 Å². The van der Waals surface area contributed by atoms with E-state index in [0.29, 0.717) is 12.2 Å². The molecule has 2 rings (SSSR count). The highest BCUT2D eigenvalue weighted by molar-refractivity contribution is 7.99. The van der Waals surface area contributed by atoms with Gasteiger partial charge in [-0.2, -0.15) is 0 Å². The number of aliphatic hydroxyl groups is 1. The molecule has 0 radical (unpaired) electrons. The van der Waals surface area contributed by atoms with Crippen molar-refractivity contribution in [3.63, 3.8) is 0 Å². The van der Waals surface area contributed by atoms with Crippen molar-refractivity contribution in [2.24, 2.45) is 0 Å². The van der Waals surface area contributed by atoms with E-state index < -0.39 is 6.10 Å². The Morgan fingerprint density at radius 2 is 1.95 bits per heavy atom. The fraction of sp³-hybridized carbons (Fsp3) is 0.294. The molecule has 0 aromatic heterocycles. The summed E-state index contributed by atoms with van der Waals surface area (Å²) in [6, 6.07) is 12.7. The largest absolute Gasteiger partial charge is 0.392 e. The van der Waals surface area contributed by atoms with Crippen LogP contribution < -0.4 is 0 Å². The molecule has 106 valence electrons. The number of aryl methyl sites for hydroxylation is 2. The van der Waals surface area contributed by atoms with Gasteiger partial charge in [-0.3, -0.25) is 0 Å². The summed E-state index contributed by atoms with van der Waals surface area (Å²) in [4.78, 5) is 0.852. The van der Waals surface area contributed by atoms with Crippen molar-refractivity contribution in [1.29, 1.82) is 0 Å². The normalized spacial score (nSPS) is 12.4. The number of halogens is 1. The fourth-order valence-electron chi connectivity index (χ4n) is 2.08. The highest BCUT2D eigenvalue weighted by Crippen LogP contribution is 2.21. The van der Waals surface area contributed by atoms with Crippen LogP contribution in [-0.2, 0) is 6.42 Å². The lowest BCUT2D eigenvalue weighted by atomic mass is 10.0. The fourth-order valence-corrected chi connectivity index (χ4v) is 2.96. The van der Waals surface area contributed by atoms with Crippen LogP contribution >= 0.6 is 11.8 Å². The van der Waals surface area contributed by atoms with E-state index in [1.807, 2.05) is 6.07 Å². The van der Waals surface area contributed by atoms with Crippen LogP contribution in [0.25, 0.3) is 0 Å². The number of thioether (sulfide) groups is 1. The Bertz CT molecular complexity index is 583. The van der Waals surface area contributed by atoms with Gasteiger partial charge in [0, 0.05) is 10.6 Å². The molecule has 1 nitrogen and oxygen atoms in total. The average molecular weight is 290 g/mol. The lowest BCUT2D eigenvalue weighted by Crippen LogP contribution is -2.14. The van der Waals surface area contributed by atoms with E-state index >= 15 is 0 Å². The zero-order valence-electron chi connectivity index (χ0n) is 11.8. The molecule has 0 saturated carbocycles. The Hall–Kier alpha value is -1.32. The lowest BCUT2D eigenvalue weighted by molar-refractivity contribution is 0.200. The van der Waals surface area contributed by atoms with Gasteiger partial charge in [0.1, 0.15) is 5.82 Å². The van der Waals surface area contributed by atoms with E-state index in [0.717, 1.165) is 4.90 Å². The molecule has 0 saturated heterocycles. The molecule has 1 atom stereocenters. The lowest BCUT2D eigenvalue weighted by Gasteiger charge is -2.13. The SMILES string of the molecule is Cc1ccc(C)c(CC(O)CSc2cccc(F)c2)c1. The number of benzene rings is 2. The van der Waals surface area contributed by atoms with Crippen molar-refractivity contribution in [2.75, 3.05) is 5.75 Å². The minimum atomic E-state index is -0.427. The molecule has 0 amide bonds. The smallest absolute Gasteiger partial charge is 0.124 e. The third kappa shape index (κ3) is 4.36. The predicted molar refractivity (Wildman–Crippen MR) is 82.8 cm³/mol. The molecule has 0 aliphatic heterocycles. The van der Waals surface area contributed by atoms with Crippen molar-refractivity contribution in [3.8, 4) is 0 Å². The van der Waals surface area contributed by atoms with Crippen molar-refractivity contribution in [3.05, 3.63) is 65.0 Å². The van der Waals surface area contributed by atoms with Gasteiger partial charge < -0.3 is 5.11 Å². The van der Waals surface area contributed by atoms with E-state index in [2.05, 4.69) is 32.0 Å². The zero-order chi connectivity index (χ0) is 14.5. The maximum atomic E-state index is 13.1. The third-order valence-corrected chi connectivity index (χ3v) is 4.34. The first kappa shape index (κ1) is 15.1. The van der Waals surface area contributed by atoms with E-state index in [1.54, 1.807) is 6.07 Å². The van der Waals surface area contributed by atoms with E-state index in [-0.39, 0.29) is 5.82 Å².